The smallest absolute Gasteiger partial charge is 0.335 e. The predicted molar refractivity (Wildman–Crippen MR) is 90.6 cm³/mol. The van der Waals surface area contributed by atoms with Crippen molar-refractivity contribution in [2.24, 2.45) is 0 Å². The van der Waals surface area contributed by atoms with Crippen LogP contribution in [-0.4, -0.2) is 16.1 Å². The average Bonchev–Trinajstić information content (AvgIpc) is 2.57. The second-order valence-corrected chi connectivity index (χ2v) is 5.67. The molecular weight excluding hydrogens is 305 g/mol. The van der Waals surface area contributed by atoms with Gasteiger partial charge < -0.3 is 5.11 Å². The lowest BCUT2D eigenvalue weighted by Crippen LogP contribution is -2.04. The number of carbonyl (C=O) groups is 1. The summed E-state index contributed by atoms with van der Waals surface area (Å²) in [5.74, 6) is -1.26. The van der Waals surface area contributed by atoms with Crippen LogP contribution in [0.2, 0.25) is 0 Å². The van der Waals surface area contributed by atoms with E-state index in [0.717, 1.165) is 16.7 Å². The van der Waals surface area contributed by atoms with E-state index in [9.17, 15) is 14.3 Å². The molecule has 2 aromatic carbocycles. The minimum absolute atomic E-state index is 0.299. The van der Waals surface area contributed by atoms with E-state index in [1.807, 2.05) is 25.1 Å². The van der Waals surface area contributed by atoms with Gasteiger partial charge in [-0.25, -0.2) is 9.18 Å². The molecule has 120 valence electrons. The van der Waals surface area contributed by atoms with Crippen molar-refractivity contribution in [2.45, 2.75) is 13.3 Å². The molecule has 24 heavy (non-hydrogen) atoms. The molecule has 3 rings (SSSR count). The maximum absolute atomic E-state index is 13.8. The van der Waals surface area contributed by atoms with E-state index in [-0.39, 0.29) is 5.82 Å². The number of hydrogen-bond acceptors (Lipinski definition) is 2. The summed E-state index contributed by atoms with van der Waals surface area (Å²) in [6.45, 7) is 1.86. The molecule has 1 heterocycles. The molecule has 0 atom stereocenters. The second-order valence-electron chi connectivity index (χ2n) is 5.67. The van der Waals surface area contributed by atoms with Crippen LogP contribution in [0.25, 0.3) is 11.3 Å². The molecule has 0 spiro atoms. The topological polar surface area (TPSA) is 50.2 Å². The number of aryl methyl sites for hydroxylation is 1. The standard InChI is InChI=1S/C20H16FNO2/c1-13-6-8-15(17(10-13)20(23)24)11-14-7-9-19(22-12-14)16-4-2-3-5-18(16)21/h2-10,12H,11H2,1H3,(H,23,24). The van der Waals surface area contributed by atoms with Crippen LogP contribution in [0.1, 0.15) is 27.0 Å². The third-order valence-electron chi connectivity index (χ3n) is 3.86. The first kappa shape index (κ1) is 15.9. The Kier molecular flexibility index (Phi) is 4.38. The molecule has 0 fully saturated rings. The minimum atomic E-state index is -0.940. The molecule has 0 aliphatic rings. The van der Waals surface area contributed by atoms with Crippen molar-refractivity contribution >= 4 is 5.97 Å². The average molecular weight is 321 g/mol. The van der Waals surface area contributed by atoms with Crippen molar-refractivity contribution in [1.82, 2.24) is 4.98 Å². The van der Waals surface area contributed by atoms with Crippen LogP contribution < -0.4 is 0 Å². The first-order chi connectivity index (χ1) is 11.5. The highest BCUT2D eigenvalue weighted by Gasteiger charge is 2.11. The normalized spacial score (nSPS) is 10.6. The lowest BCUT2D eigenvalue weighted by atomic mass is 9.98. The van der Waals surface area contributed by atoms with Gasteiger partial charge in [0.15, 0.2) is 0 Å². The fraction of sp³-hybridized carbons (Fsp3) is 0.100. The van der Waals surface area contributed by atoms with Crippen molar-refractivity contribution in [3.05, 3.63) is 88.9 Å². The van der Waals surface area contributed by atoms with Gasteiger partial charge in [0.05, 0.1) is 11.3 Å². The van der Waals surface area contributed by atoms with E-state index < -0.39 is 5.97 Å². The SMILES string of the molecule is Cc1ccc(Cc2ccc(-c3ccccc3F)nc2)c(C(=O)O)c1. The Balaban J connectivity index is 1.88. The van der Waals surface area contributed by atoms with E-state index in [4.69, 9.17) is 0 Å². The van der Waals surface area contributed by atoms with Crippen LogP contribution in [0.4, 0.5) is 4.39 Å². The molecule has 0 radical (unpaired) electrons. The first-order valence-corrected chi connectivity index (χ1v) is 7.57. The summed E-state index contributed by atoms with van der Waals surface area (Å²) in [5.41, 5.74) is 3.82. The fourth-order valence-corrected chi connectivity index (χ4v) is 2.62. The summed E-state index contributed by atoms with van der Waals surface area (Å²) in [5, 5.41) is 9.33. The van der Waals surface area contributed by atoms with Gasteiger partial charge in [0.25, 0.3) is 0 Å². The molecule has 0 bridgehead atoms. The van der Waals surface area contributed by atoms with Crippen LogP contribution in [0.3, 0.4) is 0 Å². The zero-order valence-corrected chi connectivity index (χ0v) is 13.2. The number of aromatic carboxylic acids is 1. The molecule has 4 heteroatoms. The van der Waals surface area contributed by atoms with Crippen LogP contribution >= 0.6 is 0 Å². The number of rotatable bonds is 4. The van der Waals surface area contributed by atoms with Gasteiger partial charge >= 0.3 is 5.97 Å². The first-order valence-electron chi connectivity index (χ1n) is 7.57. The number of halogens is 1. The van der Waals surface area contributed by atoms with Gasteiger partial charge in [0.1, 0.15) is 5.82 Å². The molecule has 1 aromatic heterocycles. The third kappa shape index (κ3) is 3.33. The molecule has 0 aliphatic carbocycles. The Labute approximate surface area is 139 Å². The summed E-state index contributed by atoms with van der Waals surface area (Å²) in [6, 6.07) is 15.5. The number of nitrogens with zero attached hydrogens (tertiary/aromatic N) is 1. The number of benzene rings is 2. The highest BCUT2D eigenvalue weighted by molar-refractivity contribution is 5.89. The third-order valence-corrected chi connectivity index (χ3v) is 3.86. The Morgan fingerprint density at radius 2 is 1.92 bits per heavy atom. The molecule has 0 amide bonds. The molecule has 1 N–H and O–H groups in total. The second kappa shape index (κ2) is 6.62. The van der Waals surface area contributed by atoms with Crippen LogP contribution in [0.5, 0.6) is 0 Å². The molecule has 0 aliphatic heterocycles. The van der Waals surface area contributed by atoms with Crippen LogP contribution in [-0.2, 0) is 6.42 Å². The number of carboxylic acid groups (broad SMARTS) is 1. The highest BCUT2D eigenvalue weighted by Crippen LogP contribution is 2.22. The largest absolute Gasteiger partial charge is 0.478 e. The van der Waals surface area contributed by atoms with Gasteiger partial charge in [-0.1, -0.05) is 35.9 Å². The Bertz CT molecular complexity index is 888. The summed E-state index contributed by atoms with van der Waals surface area (Å²) < 4.78 is 13.8. The van der Waals surface area contributed by atoms with Gasteiger partial charge in [-0.15, -0.1) is 0 Å². The quantitative estimate of drug-likeness (QED) is 0.770. The number of pyridine rings is 1. The monoisotopic (exact) mass is 321 g/mol. The molecule has 0 saturated heterocycles. The lowest BCUT2D eigenvalue weighted by molar-refractivity contribution is 0.0695. The fourth-order valence-electron chi connectivity index (χ4n) is 2.62. The van der Waals surface area contributed by atoms with Crippen molar-refractivity contribution in [3.8, 4) is 11.3 Å². The Morgan fingerprint density at radius 1 is 1.12 bits per heavy atom. The summed E-state index contributed by atoms with van der Waals surface area (Å²) in [4.78, 5) is 15.7. The summed E-state index contributed by atoms with van der Waals surface area (Å²) >= 11 is 0. The van der Waals surface area contributed by atoms with Crippen molar-refractivity contribution in [1.29, 1.82) is 0 Å². The number of aromatic nitrogens is 1. The van der Waals surface area contributed by atoms with E-state index in [1.165, 1.54) is 6.07 Å². The van der Waals surface area contributed by atoms with Crippen molar-refractivity contribution in [2.75, 3.05) is 0 Å². The van der Waals surface area contributed by atoms with Gasteiger partial charge in [0, 0.05) is 11.8 Å². The van der Waals surface area contributed by atoms with E-state index in [2.05, 4.69) is 4.98 Å². The summed E-state index contributed by atoms with van der Waals surface area (Å²) in [6.07, 6.45) is 2.12. The van der Waals surface area contributed by atoms with E-state index >= 15 is 0 Å². The minimum Gasteiger partial charge on any atom is -0.478 e. The van der Waals surface area contributed by atoms with Gasteiger partial charge in [-0.05, 0) is 48.7 Å². The predicted octanol–water partition coefficient (Wildman–Crippen LogP) is 4.49. The van der Waals surface area contributed by atoms with Crippen molar-refractivity contribution in [3.63, 3.8) is 0 Å². The Hall–Kier alpha value is -3.01. The number of hydrogen-bond donors (Lipinski definition) is 1. The molecule has 3 nitrogen and oxygen atoms in total. The summed E-state index contributed by atoms with van der Waals surface area (Å²) in [7, 11) is 0. The highest BCUT2D eigenvalue weighted by atomic mass is 19.1. The van der Waals surface area contributed by atoms with E-state index in [1.54, 1.807) is 36.5 Å². The number of carboxylic acids is 1. The van der Waals surface area contributed by atoms with Crippen molar-refractivity contribution < 1.29 is 14.3 Å². The maximum Gasteiger partial charge on any atom is 0.335 e. The maximum atomic E-state index is 13.8. The van der Waals surface area contributed by atoms with Gasteiger partial charge in [-0.3, -0.25) is 4.98 Å². The van der Waals surface area contributed by atoms with Gasteiger partial charge in [-0.2, -0.15) is 0 Å². The van der Waals surface area contributed by atoms with Gasteiger partial charge in [0.2, 0.25) is 0 Å². The van der Waals surface area contributed by atoms with E-state index in [0.29, 0.717) is 23.2 Å². The zero-order chi connectivity index (χ0) is 17.1. The van der Waals surface area contributed by atoms with Crippen LogP contribution in [0, 0.1) is 12.7 Å². The zero-order valence-electron chi connectivity index (χ0n) is 13.2. The molecule has 0 unspecified atom stereocenters. The molecule has 0 saturated carbocycles. The van der Waals surface area contributed by atoms with Crippen LogP contribution in [0.15, 0.2) is 60.8 Å². The molecular formula is C20H16FNO2. The Morgan fingerprint density at radius 3 is 2.58 bits per heavy atom. The molecule has 3 aromatic rings. The lowest BCUT2D eigenvalue weighted by Gasteiger charge is -2.08.